The molecule has 0 radical (unpaired) electrons. The van der Waals surface area contributed by atoms with Crippen LogP contribution in [0.4, 0.5) is 0 Å². The predicted molar refractivity (Wildman–Crippen MR) is 85.4 cm³/mol. The molecule has 1 unspecified atom stereocenters. The summed E-state index contributed by atoms with van der Waals surface area (Å²) in [7, 11) is 0. The van der Waals surface area contributed by atoms with Gasteiger partial charge in [-0.3, -0.25) is 0 Å². The van der Waals surface area contributed by atoms with Gasteiger partial charge in [0.05, 0.1) is 0 Å². The Labute approximate surface area is 119 Å². The predicted octanol–water partition coefficient (Wildman–Crippen LogP) is 5.04. The molecular weight excluding hydrogens is 230 g/mol. The van der Waals surface area contributed by atoms with Crippen LogP contribution >= 0.6 is 0 Å². The summed E-state index contributed by atoms with van der Waals surface area (Å²) < 4.78 is 0. The zero-order valence-corrected chi connectivity index (χ0v) is 13.0. The van der Waals surface area contributed by atoms with Crippen LogP contribution in [0, 0.1) is 0 Å². The van der Waals surface area contributed by atoms with Crippen molar-refractivity contribution in [2.24, 2.45) is 5.73 Å². The lowest BCUT2D eigenvalue weighted by Gasteiger charge is -2.38. The number of unbranched alkanes of at least 4 members (excludes halogenated alkanes) is 3. The van der Waals surface area contributed by atoms with E-state index in [4.69, 9.17) is 5.73 Å². The highest BCUT2D eigenvalue weighted by Crippen LogP contribution is 2.36. The summed E-state index contributed by atoms with van der Waals surface area (Å²) >= 11 is 0. The quantitative estimate of drug-likeness (QED) is 0.619. The summed E-state index contributed by atoms with van der Waals surface area (Å²) in [5, 5.41) is 0. The third-order valence-corrected chi connectivity index (χ3v) is 4.69. The van der Waals surface area contributed by atoms with Crippen molar-refractivity contribution in [1.82, 2.24) is 0 Å². The van der Waals surface area contributed by atoms with Gasteiger partial charge in [-0.05, 0) is 24.8 Å². The topological polar surface area (TPSA) is 26.0 Å². The van der Waals surface area contributed by atoms with Crippen molar-refractivity contribution in [2.45, 2.75) is 77.2 Å². The van der Waals surface area contributed by atoms with Gasteiger partial charge in [-0.15, -0.1) is 0 Å². The van der Waals surface area contributed by atoms with Crippen molar-refractivity contribution in [3.05, 3.63) is 35.9 Å². The number of rotatable bonds is 9. The second kappa shape index (κ2) is 8.37. The van der Waals surface area contributed by atoms with Gasteiger partial charge in [-0.25, -0.2) is 0 Å². The fourth-order valence-electron chi connectivity index (χ4n) is 3.23. The smallest absolute Gasteiger partial charge is 0.0136 e. The second-order valence-electron chi connectivity index (χ2n) is 5.69. The van der Waals surface area contributed by atoms with Gasteiger partial charge >= 0.3 is 0 Å². The molecule has 1 rings (SSSR count). The third-order valence-electron chi connectivity index (χ3n) is 4.69. The molecule has 19 heavy (non-hydrogen) atoms. The molecule has 0 amide bonds. The second-order valence-corrected chi connectivity index (χ2v) is 5.69. The van der Waals surface area contributed by atoms with Gasteiger partial charge in [0, 0.05) is 11.5 Å². The molecule has 0 aliphatic rings. The lowest BCUT2D eigenvalue weighted by molar-refractivity contribution is 0.297. The summed E-state index contributed by atoms with van der Waals surface area (Å²) in [6, 6.07) is 11.1. The van der Waals surface area contributed by atoms with E-state index in [2.05, 4.69) is 51.1 Å². The third kappa shape index (κ3) is 4.07. The molecule has 0 bridgehead atoms. The van der Waals surface area contributed by atoms with E-state index in [1.165, 1.54) is 31.2 Å². The largest absolute Gasteiger partial charge is 0.327 e. The Morgan fingerprint density at radius 3 is 2.11 bits per heavy atom. The van der Waals surface area contributed by atoms with Gasteiger partial charge in [0.25, 0.3) is 0 Å². The maximum atomic E-state index is 6.59. The van der Waals surface area contributed by atoms with Crippen LogP contribution in [0.1, 0.15) is 71.3 Å². The highest BCUT2D eigenvalue weighted by atomic mass is 14.7. The van der Waals surface area contributed by atoms with Gasteiger partial charge in [0.2, 0.25) is 0 Å². The first-order chi connectivity index (χ1) is 9.21. The maximum Gasteiger partial charge on any atom is 0.0136 e. The van der Waals surface area contributed by atoms with E-state index in [-0.39, 0.29) is 11.5 Å². The molecule has 108 valence electrons. The molecule has 0 aliphatic carbocycles. The molecule has 1 aromatic carbocycles. The summed E-state index contributed by atoms with van der Waals surface area (Å²) in [5.74, 6) is 0. The zero-order valence-electron chi connectivity index (χ0n) is 13.0. The standard InChI is InChI=1S/C18H31N/c1-4-7-8-12-15-17(19)18(5-2,6-3)16-13-10-9-11-14-16/h9-11,13-14,17H,4-8,12,15,19H2,1-3H3. The first-order valence-electron chi connectivity index (χ1n) is 8.02. The minimum atomic E-state index is 0.160. The number of hydrogen-bond acceptors (Lipinski definition) is 1. The maximum absolute atomic E-state index is 6.59. The van der Waals surface area contributed by atoms with Crippen LogP contribution in [0.25, 0.3) is 0 Å². The van der Waals surface area contributed by atoms with Crippen molar-refractivity contribution in [1.29, 1.82) is 0 Å². The van der Waals surface area contributed by atoms with Gasteiger partial charge in [-0.2, -0.15) is 0 Å². The Morgan fingerprint density at radius 1 is 0.947 bits per heavy atom. The van der Waals surface area contributed by atoms with E-state index in [0.29, 0.717) is 0 Å². The minimum absolute atomic E-state index is 0.160. The molecule has 1 atom stereocenters. The van der Waals surface area contributed by atoms with E-state index < -0.39 is 0 Å². The number of benzene rings is 1. The molecule has 2 N–H and O–H groups in total. The Morgan fingerprint density at radius 2 is 1.58 bits per heavy atom. The van der Waals surface area contributed by atoms with E-state index in [1.807, 2.05) is 0 Å². The molecule has 0 spiro atoms. The number of nitrogens with two attached hydrogens (primary N) is 1. The minimum Gasteiger partial charge on any atom is -0.327 e. The SMILES string of the molecule is CCCCCCC(N)C(CC)(CC)c1ccccc1. The highest BCUT2D eigenvalue weighted by Gasteiger charge is 2.34. The fourth-order valence-corrected chi connectivity index (χ4v) is 3.23. The summed E-state index contributed by atoms with van der Waals surface area (Å²) in [6.07, 6.45) is 8.62. The fraction of sp³-hybridized carbons (Fsp3) is 0.667. The molecule has 0 saturated heterocycles. The van der Waals surface area contributed by atoms with Crippen molar-refractivity contribution < 1.29 is 0 Å². The molecule has 0 aromatic heterocycles. The lowest BCUT2D eigenvalue weighted by atomic mass is 9.69. The van der Waals surface area contributed by atoms with Crippen LogP contribution in [-0.2, 0) is 5.41 Å². The van der Waals surface area contributed by atoms with Crippen LogP contribution in [0.5, 0.6) is 0 Å². The average molecular weight is 261 g/mol. The molecule has 1 nitrogen and oxygen atoms in total. The Hall–Kier alpha value is -0.820. The van der Waals surface area contributed by atoms with Crippen LogP contribution < -0.4 is 5.73 Å². The van der Waals surface area contributed by atoms with Crippen LogP contribution in [-0.4, -0.2) is 6.04 Å². The lowest BCUT2D eigenvalue weighted by Crippen LogP contribution is -2.44. The molecule has 0 aliphatic heterocycles. The molecular formula is C18H31N. The van der Waals surface area contributed by atoms with Crippen molar-refractivity contribution >= 4 is 0 Å². The average Bonchev–Trinajstić information content (AvgIpc) is 2.47. The highest BCUT2D eigenvalue weighted by molar-refractivity contribution is 5.27. The zero-order chi connectivity index (χ0) is 14.1. The summed E-state index contributed by atoms with van der Waals surface area (Å²) in [4.78, 5) is 0. The number of hydrogen-bond donors (Lipinski definition) is 1. The Balaban J connectivity index is 2.75. The first-order valence-corrected chi connectivity index (χ1v) is 8.02. The molecule has 1 heteroatoms. The Kier molecular flexibility index (Phi) is 7.15. The molecule has 0 saturated carbocycles. The molecule has 1 aromatic rings. The van der Waals surface area contributed by atoms with E-state index >= 15 is 0 Å². The van der Waals surface area contributed by atoms with Gasteiger partial charge < -0.3 is 5.73 Å². The molecule has 0 heterocycles. The van der Waals surface area contributed by atoms with Gasteiger partial charge in [0.1, 0.15) is 0 Å². The van der Waals surface area contributed by atoms with Crippen LogP contribution in [0.2, 0.25) is 0 Å². The van der Waals surface area contributed by atoms with E-state index in [9.17, 15) is 0 Å². The Bertz CT molecular complexity index is 327. The molecule has 0 fully saturated rings. The monoisotopic (exact) mass is 261 g/mol. The van der Waals surface area contributed by atoms with Gasteiger partial charge in [0.15, 0.2) is 0 Å². The first kappa shape index (κ1) is 16.2. The van der Waals surface area contributed by atoms with Gasteiger partial charge in [-0.1, -0.05) is 76.8 Å². The van der Waals surface area contributed by atoms with Crippen LogP contribution in [0.3, 0.4) is 0 Å². The van der Waals surface area contributed by atoms with E-state index in [0.717, 1.165) is 19.3 Å². The summed E-state index contributed by atoms with van der Waals surface area (Å²) in [5.41, 5.74) is 8.17. The van der Waals surface area contributed by atoms with Crippen molar-refractivity contribution in [3.8, 4) is 0 Å². The summed E-state index contributed by atoms with van der Waals surface area (Å²) in [6.45, 7) is 6.82. The van der Waals surface area contributed by atoms with Crippen LogP contribution in [0.15, 0.2) is 30.3 Å². The van der Waals surface area contributed by atoms with Crippen molar-refractivity contribution in [3.63, 3.8) is 0 Å². The normalized spacial score (nSPS) is 13.5. The van der Waals surface area contributed by atoms with E-state index in [1.54, 1.807) is 0 Å². The van der Waals surface area contributed by atoms with Crippen molar-refractivity contribution in [2.75, 3.05) is 0 Å².